The number of tetrazole rings is 2. The summed E-state index contributed by atoms with van der Waals surface area (Å²) in [6.45, 7) is 8.88. The van der Waals surface area contributed by atoms with Crippen molar-refractivity contribution in [1.82, 2.24) is 40.4 Å². The van der Waals surface area contributed by atoms with Crippen LogP contribution in [0.4, 0.5) is 0 Å². The molecule has 2 aromatic heterocycles. The Hall–Kier alpha value is -3.94. The van der Waals surface area contributed by atoms with Gasteiger partial charge in [-0.1, -0.05) is 125 Å². The number of rotatable bonds is 19. The molecular formula is C32H42N8. The van der Waals surface area contributed by atoms with Gasteiger partial charge in [-0.15, -0.1) is 20.4 Å². The van der Waals surface area contributed by atoms with Gasteiger partial charge in [0.05, 0.1) is 13.1 Å². The molecule has 0 spiro atoms. The largest absolute Gasteiger partial charge is 0.174 e. The fourth-order valence-corrected chi connectivity index (χ4v) is 4.71. The first-order chi connectivity index (χ1) is 19.7. The standard InChI is InChI=1S/C32H42N8/c1-3-27-17-21-29(22-18-27)25-39-35-31(33-37-39)15-13-11-9-7-5-6-8-10-12-14-16-32-34-38-40(36-32)26-30-23-19-28(4-2)20-24-30/h3-4,17-24H,1-2,5-16,25-26H2. The van der Waals surface area contributed by atoms with E-state index in [2.05, 4.69) is 92.5 Å². The Bertz CT molecular complexity index is 1190. The molecule has 0 bridgehead atoms. The molecule has 0 fully saturated rings. The average Bonchev–Trinajstić information content (AvgIpc) is 3.63. The zero-order valence-corrected chi connectivity index (χ0v) is 23.7. The van der Waals surface area contributed by atoms with Gasteiger partial charge in [-0.3, -0.25) is 0 Å². The molecule has 0 aliphatic heterocycles. The molecule has 0 aliphatic rings. The van der Waals surface area contributed by atoms with E-state index in [4.69, 9.17) is 0 Å². The van der Waals surface area contributed by atoms with E-state index in [-0.39, 0.29) is 0 Å². The molecule has 4 aromatic rings. The molecule has 0 N–H and O–H groups in total. The fraction of sp³-hybridized carbons (Fsp3) is 0.438. The number of aromatic nitrogens is 8. The summed E-state index contributed by atoms with van der Waals surface area (Å²) < 4.78 is 0. The highest BCUT2D eigenvalue weighted by molar-refractivity contribution is 5.47. The molecule has 4 rings (SSSR count). The smallest absolute Gasteiger partial charge is 0.160 e. The highest BCUT2D eigenvalue weighted by Crippen LogP contribution is 2.13. The zero-order valence-electron chi connectivity index (χ0n) is 23.7. The van der Waals surface area contributed by atoms with Crippen molar-refractivity contribution in [2.24, 2.45) is 0 Å². The number of hydrogen-bond donors (Lipinski definition) is 0. The normalized spacial score (nSPS) is 11.1. The van der Waals surface area contributed by atoms with Gasteiger partial charge in [0.2, 0.25) is 0 Å². The minimum atomic E-state index is 0.648. The van der Waals surface area contributed by atoms with Gasteiger partial charge in [0.25, 0.3) is 0 Å². The molecule has 210 valence electrons. The Labute approximate surface area is 238 Å². The molecule has 0 aliphatic carbocycles. The van der Waals surface area contributed by atoms with Gasteiger partial charge in [0, 0.05) is 12.8 Å². The summed E-state index contributed by atoms with van der Waals surface area (Å²) in [5.74, 6) is 1.69. The summed E-state index contributed by atoms with van der Waals surface area (Å²) in [5.41, 5.74) is 4.56. The maximum Gasteiger partial charge on any atom is 0.174 e. The topological polar surface area (TPSA) is 87.2 Å². The maximum atomic E-state index is 4.53. The van der Waals surface area contributed by atoms with Gasteiger partial charge in [-0.25, -0.2) is 0 Å². The van der Waals surface area contributed by atoms with Crippen LogP contribution in [0.2, 0.25) is 0 Å². The van der Waals surface area contributed by atoms with E-state index in [1.54, 1.807) is 9.59 Å². The summed E-state index contributed by atoms with van der Waals surface area (Å²) in [5, 5.41) is 25.9. The molecule has 0 radical (unpaired) electrons. The number of hydrogen-bond acceptors (Lipinski definition) is 6. The highest BCUT2D eigenvalue weighted by atomic mass is 15.6. The van der Waals surface area contributed by atoms with E-state index in [1.165, 1.54) is 51.4 Å². The van der Waals surface area contributed by atoms with Crippen LogP contribution >= 0.6 is 0 Å². The van der Waals surface area contributed by atoms with Crippen LogP contribution in [0.5, 0.6) is 0 Å². The van der Waals surface area contributed by atoms with Crippen molar-refractivity contribution in [3.8, 4) is 0 Å². The van der Waals surface area contributed by atoms with Gasteiger partial charge >= 0.3 is 0 Å². The van der Waals surface area contributed by atoms with E-state index >= 15 is 0 Å². The molecule has 2 aromatic carbocycles. The summed E-state index contributed by atoms with van der Waals surface area (Å²) in [6, 6.07) is 16.6. The van der Waals surface area contributed by atoms with Crippen LogP contribution in [0.15, 0.2) is 61.7 Å². The van der Waals surface area contributed by atoms with Gasteiger partial charge < -0.3 is 0 Å². The summed E-state index contributed by atoms with van der Waals surface area (Å²) >= 11 is 0. The van der Waals surface area contributed by atoms with Crippen LogP contribution in [0.3, 0.4) is 0 Å². The van der Waals surface area contributed by atoms with Crippen LogP contribution < -0.4 is 0 Å². The second-order valence-electron chi connectivity index (χ2n) is 10.4. The molecule has 0 atom stereocenters. The van der Waals surface area contributed by atoms with Gasteiger partial charge in [0.1, 0.15) is 0 Å². The van der Waals surface area contributed by atoms with Crippen LogP contribution in [0.25, 0.3) is 12.2 Å². The second-order valence-corrected chi connectivity index (χ2v) is 10.4. The predicted molar refractivity (Wildman–Crippen MR) is 160 cm³/mol. The van der Waals surface area contributed by atoms with E-state index < -0.39 is 0 Å². The molecule has 8 nitrogen and oxygen atoms in total. The van der Waals surface area contributed by atoms with Crippen LogP contribution in [0, 0.1) is 0 Å². The fourth-order valence-electron chi connectivity index (χ4n) is 4.71. The highest BCUT2D eigenvalue weighted by Gasteiger charge is 2.05. The van der Waals surface area contributed by atoms with Gasteiger partial charge in [-0.05, 0) is 45.5 Å². The molecule has 0 amide bonds. The Morgan fingerprint density at radius 2 is 0.850 bits per heavy atom. The van der Waals surface area contributed by atoms with Crippen molar-refractivity contribution in [3.05, 3.63) is 95.6 Å². The molecule has 40 heavy (non-hydrogen) atoms. The Kier molecular flexibility index (Phi) is 11.8. The third-order valence-corrected chi connectivity index (χ3v) is 7.12. The maximum absolute atomic E-state index is 4.53. The van der Waals surface area contributed by atoms with Crippen molar-refractivity contribution in [2.75, 3.05) is 0 Å². The van der Waals surface area contributed by atoms with Gasteiger partial charge in [-0.2, -0.15) is 9.59 Å². The lowest BCUT2D eigenvalue weighted by atomic mass is 10.1. The molecule has 2 heterocycles. The molecule has 0 saturated carbocycles. The molecule has 0 saturated heterocycles. The Morgan fingerprint density at radius 1 is 0.500 bits per heavy atom. The number of aryl methyl sites for hydroxylation is 2. The Balaban J connectivity index is 0.965. The lowest BCUT2D eigenvalue weighted by Gasteiger charge is -2.02. The third kappa shape index (κ3) is 9.98. The van der Waals surface area contributed by atoms with E-state index in [1.807, 2.05) is 12.2 Å². The van der Waals surface area contributed by atoms with Gasteiger partial charge in [0.15, 0.2) is 11.6 Å². The molecular weight excluding hydrogens is 496 g/mol. The van der Waals surface area contributed by atoms with Crippen molar-refractivity contribution >= 4 is 12.2 Å². The van der Waals surface area contributed by atoms with E-state index in [0.717, 1.165) is 59.6 Å². The quantitative estimate of drug-likeness (QED) is 0.123. The summed E-state index contributed by atoms with van der Waals surface area (Å²) in [6.07, 6.45) is 18.0. The van der Waals surface area contributed by atoms with Crippen molar-refractivity contribution < 1.29 is 0 Å². The predicted octanol–water partition coefficient (Wildman–Crippen LogP) is 6.73. The molecule has 8 heteroatoms. The van der Waals surface area contributed by atoms with Crippen molar-refractivity contribution in [2.45, 2.75) is 90.1 Å². The average molecular weight is 539 g/mol. The number of nitrogens with zero attached hydrogens (tertiary/aromatic N) is 8. The molecule has 0 unspecified atom stereocenters. The van der Waals surface area contributed by atoms with E-state index in [0.29, 0.717) is 13.1 Å². The summed E-state index contributed by atoms with van der Waals surface area (Å²) in [7, 11) is 0. The van der Waals surface area contributed by atoms with Crippen LogP contribution in [0.1, 0.15) is 98.1 Å². The number of benzene rings is 2. The summed E-state index contributed by atoms with van der Waals surface area (Å²) in [4.78, 5) is 3.37. The SMILES string of the molecule is C=Cc1ccc(Cn2nnc(CCCCCCCCCCCCc3nnn(Cc4ccc(C=C)cc4)n3)n2)cc1. The lowest BCUT2D eigenvalue weighted by molar-refractivity contribution is 0.544. The van der Waals surface area contributed by atoms with Crippen LogP contribution in [-0.2, 0) is 25.9 Å². The van der Waals surface area contributed by atoms with E-state index in [9.17, 15) is 0 Å². The van der Waals surface area contributed by atoms with Crippen molar-refractivity contribution in [1.29, 1.82) is 0 Å². The first kappa shape index (κ1) is 29.1. The first-order valence-corrected chi connectivity index (χ1v) is 14.7. The Morgan fingerprint density at radius 3 is 1.20 bits per heavy atom. The second kappa shape index (κ2) is 16.2. The minimum Gasteiger partial charge on any atom is -0.160 e. The van der Waals surface area contributed by atoms with Crippen LogP contribution in [-0.4, -0.2) is 40.4 Å². The first-order valence-electron chi connectivity index (χ1n) is 14.7. The minimum absolute atomic E-state index is 0.648. The lowest BCUT2D eigenvalue weighted by Crippen LogP contribution is -2.04. The third-order valence-electron chi connectivity index (χ3n) is 7.12. The number of unbranched alkanes of at least 4 members (excludes halogenated alkanes) is 9. The monoisotopic (exact) mass is 538 g/mol. The van der Waals surface area contributed by atoms with Crippen molar-refractivity contribution in [3.63, 3.8) is 0 Å². The zero-order chi connectivity index (χ0) is 27.8.